The number of hydrogen-bond donors (Lipinski definition) is 1. The Kier molecular flexibility index (Phi) is 3.44. The van der Waals surface area contributed by atoms with Gasteiger partial charge in [0.15, 0.2) is 0 Å². The Morgan fingerprint density at radius 3 is 3.00 bits per heavy atom. The van der Waals surface area contributed by atoms with Crippen molar-refractivity contribution in [1.29, 1.82) is 0 Å². The van der Waals surface area contributed by atoms with E-state index in [9.17, 15) is 14.7 Å². The molecule has 1 aromatic rings. The van der Waals surface area contributed by atoms with Crippen molar-refractivity contribution < 1.29 is 14.4 Å². The molecule has 1 saturated heterocycles. The first-order chi connectivity index (χ1) is 8.06. The summed E-state index contributed by atoms with van der Waals surface area (Å²) in [6, 6.07) is 1.28. The van der Waals surface area contributed by atoms with Crippen molar-refractivity contribution in [3.8, 4) is 0 Å². The van der Waals surface area contributed by atoms with E-state index in [0.717, 1.165) is 24.1 Å². The van der Waals surface area contributed by atoms with E-state index >= 15 is 0 Å². The van der Waals surface area contributed by atoms with Gasteiger partial charge in [-0.3, -0.25) is 14.5 Å². The standard InChI is InChI=1S/C11H16N2O4/c1-8-5-10(15)13(17-8)11(16)7-12-4-2-3-9(14)6-12/h5,9,14H,2-4,6-7H2,1H3. The van der Waals surface area contributed by atoms with Crippen LogP contribution in [0.15, 0.2) is 15.4 Å². The summed E-state index contributed by atoms with van der Waals surface area (Å²) in [6.07, 6.45) is 1.25. The number of aliphatic hydroxyl groups is 1. The number of rotatable bonds is 2. The van der Waals surface area contributed by atoms with Gasteiger partial charge in [-0.05, 0) is 26.3 Å². The van der Waals surface area contributed by atoms with Gasteiger partial charge in [0.05, 0.1) is 12.6 Å². The van der Waals surface area contributed by atoms with E-state index in [0.29, 0.717) is 12.3 Å². The molecule has 0 aliphatic carbocycles. The molecule has 2 rings (SSSR count). The third-order valence-electron chi connectivity index (χ3n) is 2.83. The molecule has 1 fully saturated rings. The molecule has 0 bridgehead atoms. The van der Waals surface area contributed by atoms with E-state index in [1.165, 1.54) is 6.07 Å². The lowest BCUT2D eigenvalue weighted by molar-refractivity contribution is 0.0516. The fraction of sp³-hybridized carbons (Fsp3) is 0.636. The van der Waals surface area contributed by atoms with E-state index in [1.807, 2.05) is 4.90 Å². The van der Waals surface area contributed by atoms with E-state index in [-0.39, 0.29) is 12.6 Å². The maximum absolute atomic E-state index is 11.8. The molecule has 0 radical (unpaired) electrons. The highest BCUT2D eigenvalue weighted by Crippen LogP contribution is 2.09. The first-order valence-corrected chi connectivity index (χ1v) is 5.70. The zero-order valence-electron chi connectivity index (χ0n) is 9.76. The Morgan fingerprint density at radius 1 is 1.65 bits per heavy atom. The Bertz CT molecular complexity index is 462. The summed E-state index contributed by atoms with van der Waals surface area (Å²) in [4.78, 5) is 25.0. The summed E-state index contributed by atoms with van der Waals surface area (Å²) in [5.41, 5.74) is -0.440. The quantitative estimate of drug-likeness (QED) is 0.777. The van der Waals surface area contributed by atoms with Crippen LogP contribution in [0.3, 0.4) is 0 Å². The largest absolute Gasteiger partial charge is 0.392 e. The van der Waals surface area contributed by atoms with Crippen LogP contribution >= 0.6 is 0 Å². The fourth-order valence-electron chi connectivity index (χ4n) is 2.05. The maximum Gasteiger partial charge on any atom is 0.290 e. The van der Waals surface area contributed by atoms with E-state index in [2.05, 4.69) is 0 Å². The molecular weight excluding hydrogens is 224 g/mol. The predicted molar refractivity (Wildman–Crippen MR) is 60.0 cm³/mol. The normalized spacial score (nSPS) is 21.6. The summed E-state index contributed by atoms with van der Waals surface area (Å²) in [6.45, 7) is 2.96. The van der Waals surface area contributed by atoms with E-state index in [1.54, 1.807) is 6.92 Å². The van der Waals surface area contributed by atoms with Gasteiger partial charge in [0, 0.05) is 12.6 Å². The first kappa shape index (κ1) is 12.1. The Morgan fingerprint density at radius 2 is 2.41 bits per heavy atom. The van der Waals surface area contributed by atoms with Crippen molar-refractivity contribution in [3.05, 3.63) is 22.2 Å². The molecule has 0 aromatic carbocycles. The molecule has 1 aliphatic heterocycles. The van der Waals surface area contributed by atoms with Crippen LogP contribution in [0, 0.1) is 6.92 Å². The topological polar surface area (TPSA) is 75.7 Å². The Labute approximate surface area is 98.4 Å². The van der Waals surface area contributed by atoms with Crippen molar-refractivity contribution in [3.63, 3.8) is 0 Å². The highest BCUT2D eigenvalue weighted by Gasteiger charge is 2.21. The highest BCUT2D eigenvalue weighted by molar-refractivity contribution is 5.79. The van der Waals surface area contributed by atoms with Crippen LogP contribution in [0.4, 0.5) is 0 Å². The number of nitrogens with zero attached hydrogens (tertiary/aromatic N) is 2. The van der Waals surface area contributed by atoms with Gasteiger partial charge in [-0.25, -0.2) is 0 Å². The molecule has 0 amide bonds. The third-order valence-corrected chi connectivity index (χ3v) is 2.83. The van der Waals surface area contributed by atoms with Crippen LogP contribution in [0.25, 0.3) is 0 Å². The van der Waals surface area contributed by atoms with Crippen LogP contribution in [-0.2, 0) is 0 Å². The van der Waals surface area contributed by atoms with Gasteiger partial charge in [-0.2, -0.15) is 0 Å². The molecule has 1 aromatic heterocycles. The van der Waals surface area contributed by atoms with E-state index < -0.39 is 11.5 Å². The summed E-state index contributed by atoms with van der Waals surface area (Å²) < 4.78 is 5.78. The van der Waals surface area contributed by atoms with Gasteiger partial charge in [0.2, 0.25) is 0 Å². The summed E-state index contributed by atoms with van der Waals surface area (Å²) in [7, 11) is 0. The van der Waals surface area contributed by atoms with Crippen LogP contribution in [0.1, 0.15) is 23.4 Å². The SMILES string of the molecule is Cc1cc(=O)n(C(=O)CN2CCCC(O)C2)o1. The predicted octanol–water partition coefficient (Wildman–Crippen LogP) is -0.153. The number of aromatic nitrogens is 1. The molecule has 6 nitrogen and oxygen atoms in total. The van der Waals surface area contributed by atoms with Crippen molar-refractivity contribution in [2.75, 3.05) is 19.6 Å². The van der Waals surface area contributed by atoms with Gasteiger partial charge in [-0.15, -0.1) is 4.74 Å². The highest BCUT2D eigenvalue weighted by atomic mass is 16.5. The molecule has 6 heteroatoms. The van der Waals surface area contributed by atoms with Gasteiger partial charge in [0.1, 0.15) is 5.76 Å². The number of likely N-dealkylation sites (tertiary alicyclic amines) is 1. The monoisotopic (exact) mass is 240 g/mol. The van der Waals surface area contributed by atoms with Gasteiger partial charge < -0.3 is 9.63 Å². The van der Waals surface area contributed by atoms with Gasteiger partial charge in [0.25, 0.3) is 11.5 Å². The maximum atomic E-state index is 11.8. The average Bonchev–Trinajstić information content (AvgIpc) is 2.58. The van der Waals surface area contributed by atoms with Gasteiger partial charge >= 0.3 is 0 Å². The van der Waals surface area contributed by atoms with Crippen LogP contribution in [0.5, 0.6) is 0 Å². The molecule has 2 heterocycles. The number of aryl methyl sites for hydroxylation is 1. The third kappa shape index (κ3) is 2.83. The average molecular weight is 240 g/mol. The minimum Gasteiger partial charge on any atom is -0.392 e. The molecule has 17 heavy (non-hydrogen) atoms. The molecule has 94 valence electrons. The molecule has 0 spiro atoms. The van der Waals surface area contributed by atoms with Crippen LogP contribution in [0.2, 0.25) is 0 Å². The zero-order valence-corrected chi connectivity index (χ0v) is 9.76. The number of aliphatic hydroxyl groups excluding tert-OH is 1. The first-order valence-electron chi connectivity index (χ1n) is 5.70. The van der Waals surface area contributed by atoms with Crippen molar-refractivity contribution >= 4 is 5.91 Å². The van der Waals surface area contributed by atoms with Crippen LogP contribution in [-0.4, -0.2) is 46.4 Å². The van der Waals surface area contributed by atoms with Crippen molar-refractivity contribution in [1.82, 2.24) is 9.64 Å². The molecule has 1 N–H and O–H groups in total. The second kappa shape index (κ2) is 4.85. The van der Waals surface area contributed by atoms with E-state index in [4.69, 9.17) is 4.52 Å². The lowest BCUT2D eigenvalue weighted by atomic mass is 10.1. The number of hydrogen-bond acceptors (Lipinski definition) is 5. The number of β-amino-alcohol motifs (C(OH)–C–C–N with tert-alkyl or cyclic N) is 1. The second-order valence-corrected chi connectivity index (χ2v) is 4.40. The second-order valence-electron chi connectivity index (χ2n) is 4.40. The zero-order chi connectivity index (χ0) is 12.4. The smallest absolute Gasteiger partial charge is 0.290 e. The summed E-state index contributed by atoms with van der Waals surface area (Å²) in [5.74, 6) is 0.0271. The summed E-state index contributed by atoms with van der Waals surface area (Å²) >= 11 is 0. The Balaban J connectivity index is 2.01. The van der Waals surface area contributed by atoms with Crippen LogP contribution < -0.4 is 5.56 Å². The minimum atomic E-state index is -0.440. The lowest BCUT2D eigenvalue weighted by Crippen LogP contribution is -2.43. The molecule has 1 aliphatic rings. The fourth-order valence-corrected chi connectivity index (χ4v) is 2.05. The lowest BCUT2D eigenvalue weighted by Gasteiger charge is -2.28. The number of piperidine rings is 1. The molecule has 1 unspecified atom stereocenters. The van der Waals surface area contributed by atoms with Gasteiger partial charge in [-0.1, -0.05) is 0 Å². The Hall–Kier alpha value is -1.40. The van der Waals surface area contributed by atoms with Crippen molar-refractivity contribution in [2.45, 2.75) is 25.9 Å². The minimum absolute atomic E-state index is 0.101. The number of carbonyl (C=O) groups excluding carboxylic acids is 1. The molecular formula is C11H16N2O4. The number of carbonyl (C=O) groups is 1. The molecule has 1 atom stereocenters. The molecule has 0 saturated carbocycles. The van der Waals surface area contributed by atoms with Crippen molar-refractivity contribution in [2.24, 2.45) is 0 Å². The summed E-state index contributed by atoms with van der Waals surface area (Å²) in [5, 5.41) is 9.48.